The lowest BCUT2D eigenvalue weighted by Crippen LogP contribution is -2.31. The molecule has 0 amide bonds. The van der Waals surface area contributed by atoms with Crippen LogP contribution in [0.15, 0.2) is 41.9 Å². The topological polar surface area (TPSA) is 112 Å². The molecule has 0 bridgehead atoms. The summed E-state index contributed by atoms with van der Waals surface area (Å²) < 4.78 is 1.64. The van der Waals surface area contributed by atoms with Gasteiger partial charge in [0.2, 0.25) is 0 Å². The summed E-state index contributed by atoms with van der Waals surface area (Å²) in [6, 6.07) is 6.49. The first kappa shape index (κ1) is 17.3. The smallest absolute Gasteiger partial charge is 0.270 e. The molecule has 9 heteroatoms. The van der Waals surface area contributed by atoms with Crippen molar-refractivity contribution < 1.29 is 4.92 Å². The second kappa shape index (κ2) is 6.41. The molecule has 2 heterocycles. The fraction of sp³-hybridized carbons (Fsp3) is 0.312. The molecular weight excluding hydrogens is 340 g/mol. The first-order chi connectivity index (χ1) is 11.8. The van der Waals surface area contributed by atoms with Crippen LogP contribution in [-0.2, 0) is 0 Å². The van der Waals surface area contributed by atoms with Crippen LogP contribution in [-0.4, -0.2) is 30.9 Å². The van der Waals surface area contributed by atoms with E-state index in [9.17, 15) is 10.1 Å². The minimum absolute atomic E-state index is 0.0249. The fourth-order valence-corrected chi connectivity index (χ4v) is 3.51. The first-order valence-electron chi connectivity index (χ1n) is 7.62. The number of nitro groups is 1. The minimum Gasteiger partial charge on any atom is -0.301 e. The van der Waals surface area contributed by atoms with Crippen molar-refractivity contribution in [3.8, 4) is 0 Å². The number of thioether (sulfide) groups is 1. The highest BCUT2D eigenvalue weighted by atomic mass is 32.2. The maximum absolute atomic E-state index is 11.1. The number of aromatic nitrogens is 3. The summed E-state index contributed by atoms with van der Waals surface area (Å²) in [7, 11) is 0. The van der Waals surface area contributed by atoms with Crippen LogP contribution in [0.4, 0.5) is 5.69 Å². The van der Waals surface area contributed by atoms with E-state index in [2.05, 4.69) is 15.1 Å². The molecular formula is C16H18N6O2S. The minimum atomic E-state index is -0.490. The third-order valence-electron chi connectivity index (χ3n) is 3.61. The molecule has 0 saturated carbocycles. The maximum atomic E-state index is 11.1. The largest absolute Gasteiger partial charge is 0.301 e. The standard InChI is InChI=1S/C16H18N6O2S/c1-16(2,3)14-12(21-9-18-8-19-21)13(25-15(17)20-14)10-5-4-6-11(7-10)22(23)24/h4-9,15H,17H2,1-3H3. The zero-order valence-electron chi connectivity index (χ0n) is 14.1. The van der Waals surface area contributed by atoms with Crippen LogP contribution in [0.25, 0.3) is 10.6 Å². The van der Waals surface area contributed by atoms with Gasteiger partial charge in [0.05, 0.1) is 10.6 Å². The molecule has 2 aromatic rings. The summed E-state index contributed by atoms with van der Waals surface area (Å²) in [5.74, 6) is 0. The summed E-state index contributed by atoms with van der Waals surface area (Å²) in [6.45, 7) is 6.11. The van der Waals surface area contributed by atoms with Gasteiger partial charge in [-0.15, -0.1) is 0 Å². The monoisotopic (exact) mass is 358 g/mol. The van der Waals surface area contributed by atoms with E-state index in [1.807, 2.05) is 26.8 Å². The van der Waals surface area contributed by atoms with Crippen LogP contribution in [0.3, 0.4) is 0 Å². The van der Waals surface area contributed by atoms with Gasteiger partial charge in [-0.25, -0.2) is 9.67 Å². The average molecular weight is 358 g/mol. The van der Waals surface area contributed by atoms with Crippen molar-refractivity contribution in [1.82, 2.24) is 14.8 Å². The zero-order chi connectivity index (χ0) is 18.2. The number of benzene rings is 1. The highest BCUT2D eigenvalue weighted by molar-refractivity contribution is 8.09. The van der Waals surface area contributed by atoms with Crippen LogP contribution >= 0.6 is 11.8 Å². The summed E-state index contributed by atoms with van der Waals surface area (Å²) in [5.41, 5.74) is 7.61. The van der Waals surface area contributed by atoms with Crippen molar-refractivity contribution in [2.24, 2.45) is 16.1 Å². The summed E-state index contributed by atoms with van der Waals surface area (Å²) >= 11 is 1.34. The molecule has 1 aromatic carbocycles. The number of allylic oxidation sites excluding steroid dienone is 1. The average Bonchev–Trinajstić information content (AvgIpc) is 3.07. The maximum Gasteiger partial charge on any atom is 0.270 e. The Morgan fingerprint density at radius 2 is 2.12 bits per heavy atom. The molecule has 1 aromatic heterocycles. The molecule has 0 aliphatic carbocycles. The highest BCUT2D eigenvalue weighted by Gasteiger charge is 2.33. The number of nitrogens with two attached hydrogens (primary N) is 1. The molecule has 0 radical (unpaired) electrons. The predicted molar refractivity (Wildman–Crippen MR) is 98.7 cm³/mol. The van der Waals surface area contributed by atoms with Gasteiger partial charge in [0.25, 0.3) is 5.69 Å². The van der Waals surface area contributed by atoms with Crippen LogP contribution in [0, 0.1) is 15.5 Å². The van der Waals surface area contributed by atoms with E-state index in [1.165, 1.54) is 30.2 Å². The van der Waals surface area contributed by atoms with Gasteiger partial charge >= 0.3 is 0 Å². The molecule has 1 atom stereocenters. The fourth-order valence-electron chi connectivity index (χ4n) is 2.55. The summed E-state index contributed by atoms with van der Waals surface area (Å²) in [5, 5.41) is 15.4. The molecule has 0 spiro atoms. The molecule has 1 aliphatic heterocycles. The Balaban J connectivity index is 2.26. The molecule has 130 valence electrons. The normalized spacial score (nSPS) is 18.2. The van der Waals surface area contributed by atoms with Crippen molar-refractivity contribution >= 4 is 33.8 Å². The van der Waals surface area contributed by atoms with Crippen LogP contribution in [0.1, 0.15) is 26.3 Å². The van der Waals surface area contributed by atoms with Gasteiger partial charge in [-0.1, -0.05) is 44.7 Å². The van der Waals surface area contributed by atoms with Gasteiger partial charge < -0.3 is 5.73 Å². The van der Waals surface area contributed by atoms with Crippen LogP contribution < -0.4 is 5.73 Å². The lowest BCUT2D eigenvalue weighted by Gasteiger charge is -2.30. The van der Waals surface area contributed by atoms with Crippen molar-refractivity contribution in [1.29, 1.82) is 0 Å². The highest BCUT2D eigenvalue weighted by Crippen LogP contribution is 2.42. The van der Waals surface area contributed by atoms with Gasteiger partial charge in [0.15, 0.2) is 0 Å². The Bertz CT molecular complexity index is 867. The second-order valence-electron chi connectivity index (χ2n) is 6.56. The van der Waals surface area contributed by atoms with E-state index in [0.29, 0.717) is 5.56 Å². The van der Waals surface area contributed by atoms with E-state index in [0.717, 1.165) is 16.3 Å². The van der Waals surface area contributed by atoms with Gasteiger partial charge in [0.1, 0.15) is 23.8 Å². The molecule has 8 nitrogen and oxygen atoms in total. The van der Waals surface area contributed by atoms with Crippen LogP contribution in [0.2, 0.25) is 0 Å². The van der Waals surface area contributed by atoms with Crippen molar-refractivity contribution in [2.75, 3.05) is 0 Å². The third kappa shape index (κ3) is 3.47. The Hall–Kier alpha value is -2.52. The Kier molecular flexibility index (Phi) is 4.44. The van der Waals surface area contributed by atoms with E-state index in [-0.39, 0.29) is 11.1 Å². The number of nitro benzene ring substituents is 1. The number of hydrogen-bond acceptors (Lipinski definition) is 7. The first-order valence-corrected chi connectivity index (χ1v) is 8.50. The Morgan fingerprint density at radius 1 is 1.36 bits per heavy atom. The van der Waals surface area contributed by atoms with E-state index in [4.69, 9.17) is 5.73 Å². The molecule has 1 unspecified atom stereocenters. The van der Waals surface area contributed by atoms with Crippen molar-refractivity contribution in [2.45, 2.75) is 26.3 Å². The zero-order valence-corrected chi connectivity index (χ0v) is 14.9. The molecule has 0 saturated heterocycles. The SMILES string of the molecule is CC(C)(C)C1=NC(N)SC(c2cccc([N+](=O)[O-])c2)=C1n1cncn1. The quantitative estimate of drug-likeness (QED) is 0.667. The third-order valence-corrected chi connectivity index (χ3v) is 4.62. The number of nitrogens with zero attached hydrogens (tertiary/aromatic N) is 5. The lowest BCUT2D eigenvalue weighted by atomic mass is 9.87. The van der Waals surface area contributed by atoms with Gasteiger partial charge in [-0.3, -0.25) is 15.1 Å². The van der Waals surface area contributed by atoms with Gasteiger partial charge in [-0.2, -0.15) is 5.10 Å². The number of hydrogen-bond donors (Lipinski definition) is 1. The Labute approximate surface area is 149 Å². The van der Waals surface area contributed by atoms with Crippen LogP contribution in [0.5, 0.6) is 0 Å². The van der Waals surface area contributed by atoms with Gasteiger partial charge in [0, 0.05) is 22.5 Å². The number of rotatable bonds is 3. The molecule has 2 N–H and O–H groups in total. The number of aliphatic imine (C=N–C) groups is 1. The van der Waals surface area contributed by atoms with E-state index >= 15 is 0 Å². The Morgan fingerprint density at radius 3 is 2.72 bits per heavy atom. The predicted octanol–water partition coefficient (Wildman–Crippen LogP) is 2.99. The van der Waals surface area contributed by atoms with E-state index < -0.39 is 10.4 Å². The second-order valence-corrected chi connectivity index (χ2v) is 7.69. The lowest BCUT2D eigenvalue weighted by molar-refractivity contribution is -0.384. The summed E-state index contributed by atoms with van der Waals surface area (Å²) in [4.78, 5) is 20.1. The number of non-ortho nitro benzene ring substituents is 1. The summed E-state index contributed by atoms with van der Waals surface area (Å²) in [6.07, 6.45) is 3.03. The van der Waals surface area contributed by atoms with Crippen molar-refractivity contribution in [3.63, 3.8) is 0 Å². The molecule has 1 aliphatic rings. The molecule has 0 fully saturated rings. The van der Waals surface area contributed by atoms with Gasteiger partial charge in [-0.05, 0) is 5.56 Å². The van der Waals surface area contributed by atoms with E-state index in [1.54, 1.807) is 17.1 Å². The van der Waals surface area contributed by atoms with Crippen molar-refractivity contribution in [3.05, 3.63) is 52.6 Å². The molecule has 25 heavy (non-hydrogen) atoms. The molecule has 3 rings (SSSR count).